The summed E-state index contributed by atoms with van der Waals surface area (Å²) in [5, 5.41) is 4.23. The molecule has 1 unspecified atom stereocenters. The molecule has 2 aromatic rings. The summed E-state index contributed by atoms with van der Waals surface area (Å²) < 4.78 is 0. The second-order valence-corrected chi connectivity index (χ2v) is 5.22. The lowest BCUT2D eigenvalue weighted by Crippen LogP contribution is -2.20. The third-order valence-corrected chi connectivity index (χ3v) is 3.60. The molecule has 2 nitrogen and oxygen atoms in total. The Labute approximate surface area is 119 Å². The van der Waals surface area contributed by atoms with Crippen LogP contribution in [0.25, 0.3) is 0 Å². The van der Waals surface area contributed by atoms with E-state index in [1.54, 1.807) is 0 Å². The first kappa shape index (κ1) is 13.9. The van der Waals surface area contributed by atoms with Crippen molar-refractivity contribution in [1.29, 1.82) is 0 Å². The van der Waals surface area contributed by atoms with E-state index in [1.165, 1.54) is 5.56 Å². The van der Waals surface area contributed by atoms with E-state index in [-0.39, 0.29) is 6.04 Å². The van der Waals surface area contributed by atoms with E-state index in [0.29, 0.717) is 6.54 Å². The first-order valence-corrected chi connectivity index (χ1v) is 6.77. The van der Waals surface area contributed by atoms with Gasteiger partial charge in [0.25, 0.3) is 0 Å². The van der Waals surface area contributed by atoms with Crippen LogP contribution in [-0.4, -0.2) is 6.54 Å². The molecule has 0 amide bonds. The van der Waals surface area contributed by atoms with Gasteiger partial charge in [-0.2, -0.15) is 0 Å². The van der Waals surface area contributed by atoms with Crippen LogP contribution in [0, 0.1) is 13.8 Å². The average Bonchev–Trinajstić information content (AvgIpc) is 2.39. The number of anilines is 1. The van der Waals surface area contributed by atoms with Gasteiger partial charge in [0.1, 0.15) is 0 Å². The lowest BCUT2D eigenvalue weighted by atomic mass is 10.0. The van der Waals surface area contributed by atoms with Crippen LogP contribution >= 0.6 is 11.6 Å². The molecule has 0 aliphatic rings. The summed E-state index contributed by atoms with van der Waals surface area (Å²) in [6.45, 7) is 4.59. The van der Waals surface area contributed by atoms with Crippen LogP contribution in [0.2, 0.25) is 5.02 Å². The highest BCUT2D eigenvalue weighted by Crippen LogP contribution is 2.24. The molecule has 0 saturated heterocycles. The molecular formula is C16H19ClN2. The zero-order chi connectivity index (χ0) is 13.8. The minimum absolute atomic E-state index is 0.0694. The molecule has 0 aliphatic carbocycles. The van der Waals surface area contributed by atoms with Gasteiger partial charge in [0.2, 0.25) is 0 Å². The third-order valence-electron chi connectivity index (χ3n) is 3.19. The van der Waals surface area contributed by atoms with Gasteiger partial charge in [0.15, 0.2) is 0 Å². The largest absolute Gasteiger partial charge is 0.377 e. The van der Waals surface area contributed by atoms with E-state index < -0.39 is 0 Å². The van der Waals surface area contributed by atoms with E-state index in [1.807, 2.05) is 31.2 Å². The van der Waals surface area contributed by atoms with Crippen molar-refractivity contribution in [2.24, 2.45) is 5.73 Å². The zero-order valence-electron chi connectivity index (χ0n) is 11.3. The average molecular weight is 275 g/mol. The van der Waals surface area contributed by atoms with Crippen LogP contribution in [-0.2, 0) is 0 Å². The zero-order valence-corrected chi connectivity index (χ0v) is 12.0. The Bertz CT molecular complexity index is 566. The number of aryl methyl sites for hydroxylation is 2. The first-order chi connectivity index (χ1) is 9.10. The molecule has 0 spiro atoms. The molecule has 0 heterocycles. The molecule has 1 atom stereocenters. The van der Waals surface area contributed by atoms with Crippen LogP contribution < -0.4 is 11.1 Å². The number of nitrogens with one attached hydrogen (secondary N) is 1. The quantitative estimate of drug-likeness (QED) is 0.882. The topological polar surface area (TPSA) is 38.0 Å². The van der Waals surface area contributed by atoms with Crippen molar-refractivity contribution in [2.75, 3.05) is 11.9 Å². The molecule has 3 N–H and O–H groups in total. The van der Waals surface area contributed by atoms with Gasteiger partial charge in [-0.1, -0.05) is 35.9 Å². The van der Waals surface area contributed by atoms with E-state index in [0.717, 1.165) is 21.8 Å². The summed E-state index contributed by atoms with van der Waals surface area (Å²) >= 11 is 6.17. The fourth-order valence-electron chi connectivity index (χ4n) is 2.04. The maximum absolute atomic E-state index is 6.17. The first-order valence-electron chi connectivity index (χ1n) is 6.39. The van der Waals surface area contributed by atoms with Gasteiger partial charge in [0.05, 0.1) is 6.04 Å². The van der Waals surface area contributed by atoms with E-state index in [4.69, 9.17) is 17.3 Å². The number of rotatable bonds is 4. The van der Waals surface area contributed by atoms with Crippen LogP contribution in [0.15, 0.2) is 42.5 Å². The maximum atomic E-state index is 6.17. The SMILES string of the molecule is Cc1cccc(NC(CN)c2ccc(C)c(Cl)c2)c1. The summed E-state index contributed by atoms with van der Waals surface area (Å²) in [7, 11) is 0. The number of hydrogen-bond donors (Lipinski definition) is 2. The summed E-state index contributed by atoms with van der Waals surface area (Å²) in [4.78, 5) is 0. The summed E-state index contributed by atoms with van der Waals surface area (Å²) in [6.07, 6.45) is 0. The molecule has 3 heteroatoms. The van der Waals surface area contributed by atoms with Gasteiger partial charge in [-0.3, -0.25) is 0 Å². The number of hydrogen-bond acceptors (Lipinski definition) is 2. The van der Waals surface area contributed by atoms with Crippen molar-refractivity contribution in [2.45, 2.75) is 19.9 Å². The lowest BCUT2D eigenvalue weighted by molar-refractivity contribution is 0.789. The van der Waals surface area contributed by atoms with Gasteiger partial charge in [0, 0.05) is 17.3 Å². The molecule has 2 aromatic carbocycles. The Morgan fingerprint density at radius 1 is 1.16 bits per heavy atom. The molecule has 0 aliphatic heterocycles. The molecule has 0 aromatic heterocycles. The van der Waals surface area contributed by atoms with Crippen molar-refractivity contribution in [1.82, 2.24) is 0 Å². The minimum atomic E-state index is 0.0694. The molecule has 0 saturated carbocycles. The van der Waals surface area contributed by atoms with Crippen molar-refractivity contribution in [3.8, 4) is 0 Å². The Balaban J connectivity index is 2.22. The van der Waals surface area contributed by atoms with Gasteiger partial charge in [-0.25, -0.2) is 0 Å². The Morgan fingerprint density at radius 3 is 2.58 bits per heavy atom. The molecule has 19 heavy (non-hydrogen) atoms. The predicted octanol–water partition coefficient (Wildman–Crippen LogP) is 4.07. The fourth-order valence-corrected chi connectivity index (χ4v) is 2.23. The van der Waals surface area contributed by atoms with Gasteiger partial charge < -0.3 is 11.1 Å². The highest BCUT2D eigenvalue weighted by atomic mass is 35.5. The number of benzene rings is 2. The molecule has 0 fully saturated rings. The smallest absolute Gasteiger partial charge is 0.0636 e. The maximum Gasteiger partial charge on any atom is 0.0636 e. The number of nitrogens with two attached hydrogens (primary N) is 1. The highest BCUT2D eigenvalue weighted by Gasteiger charge is 2.10. The van der Waals surface area contributed by atoms with Gasteiger partial charge >= 0.3 is 0 Å². The summed E-state index contributed by atoms with van der Waals surface area (Å²) in [5.74, 6) is 0. The monoisotopic (exact) mass is 274 g/mol. The van der Waals surface area contributed by atoms with E-state index >= 15 is 0 Å². The van der Waals surface area contributed by atoms with Crippen molar-refractivity contribution in [3.63, 3.8) is 0 Å². The molecule has 0 radical (unpaired) electrons. The van der Waals surface area contributed by atoms with Gasteiger partial charge in [-0.05, 0) is 48.7 Å². The van der Waals surface area contributed by atoms with Crippen molar-refractivity contribution in [3.05, 3.63) is 64.2 Å². The minimum Gasteiger partial charge on any atom is -0.377 e. The third kappa shape index (κ3) is 3.49. The Morgan fingerprint density at radius 2 is 1.95 bits per heavy atom. The van der Waals surface area contributed by atoms with Crippen LogP contribution in [0.3, 0.4) is 0 Å². The second kappa shape index (κ2) is 6.09. The summed E-state index contributed by atoms with van der Waals surface area (Å²) in [5.41, 5.74) is 10.4. The molecule has 2 rings (SSSR count). The molecule has 100 valence electrons. The van der Waals surface area contributed by atoms with Crippen LogP contribution in [0.4, 0.5) is 5.69 Å². The van der Waals surface area contributed by atoms with Gasteiger partial charge in [-0.15, -0.1) is 0 Å². The lowest BCUT2D eigenvalue weighted by Gasteiger charge is -2.19. The van der Waals surface area contributed by atoms with E-state index in [2.05, 4.69) is 30.4 Å². The predicted molar refractivity (Wildman–Crippen MR) is 82.8 cm³/mol. The van der Waals surface area contributed by atoms with Crippen molar-refractivity contribution < 1.29 is 0 Å². The van der Waals surface area contributed by atoms with Crippen molar-refractivity contribution >= 4 is 17.3 Å². The van der Waals surface area contributed by atoms with Crippen LogP contribution in [0.5, 0.6) is 0 Å². The molecular weight excluding hydrogens is 256 g/mol. The Kier molecular flexibility index (Phi) is 4.46. The highest BCUT2D eigenvalue weighted by molar-refractivity contribution is 6.31. The summed E-state index contributed by atoms with van der Waals surface area (Å²) in [6, 6.07) is 14.4. The Hall–Kier alpha value is -1.51. The normalized spacial score (nSPS) is 12.2. The standard InChI is InChI=1S/C16H19ClN2/c1-11-4-3-5-14(8-11)19-16(10-18)13-7-6-12(2)15(17)9-13/h3-9,16,19H,10,18H2,1-2H3. The van der Waals surface area contributed by atoms with E-state index in [9.17, 15) is 0 Å². The molecule has 0 bridgehead atoms. The van der Waals surface area contributed by atoms with Crippen LogP contribution in [0.1, 0.15) is 22.7 Å². The number of halogens is 1. The fraction of sp³-hybridized carbons (Fsp3) is 0.250. The second-order valence-electron chi connectivity index (χ2n) is 4.81.